The minimum Gasteiger partial charge on any atom is -0.476 e. The van der Waals surface area contributed by atoms with Gasteiger partial charge in [0, 0.05) is 22.9 Å². The van der Waals surface area contributed by atoms with E-state index in [-0.39, 0.29) is 52.6 Å². The average molecular weight is 643 g/mol. The highest BCUT2D eigenvalue weighted by molar-refractivity contribution is 7.89. The quantitative estimate of drug-likeness (QED) is 0.190. The van der Waals surface area contributed by atoms with E-state index in [4.69, 9.17) is 5.14 Å². The predicted octanol–water partition coefficient (Wildman–Crippen LogP) is 6.33. The number of thiazole rings is 1. The third kappa shape index (κ3) is 5.29. The Balaban J connectivity index is 1.62. The SMILES string of the molecule is NS(=O)(=O)c1ccc(Cc2c(-c3cccc(-c4ccccc4)c3)nn(-c3nc(C(=O)O)cs3)c2C2(C(F)(F)F)CC2)c(F)c1. The zero-order valence-electron chi connectivity index (χ0n) is 22.5. The number of carbonyl (C=O) groups is 1. The van der Waals surface area contributed by atoms with Gasteiger partial charge in [0.15, 0.2) is 5.69 Å². The first-order valence-corrected chi connectivity index (χ1v) is 15.6. The van der Waals surface area contributed by atoms with Crippen LogP contribution in [0.4, 0.5) is 17.6 Å². The largest absolute Gasteiger partial charge is 0.476 e. The summed E-state index contributed by atoms with van der Waals surface area (Å²) < 4.78 is 84.3. The number of aromatic nitrogens is 3. The number of carboxylic acid groups (broad SMARTS) is 1. The van der Waals surface area contributed by atoms with Crippen molar-refractivity contribution in [2.45, 2.75) is 35.7 Å². The number of aromatic carboxylic acids is 1. The molecule has 0 atom stereocenters. The smallest absolute Gasteiger partial charge is 0.399 e. The fraction of sp³-hybridized carbons (Fsp3) is 0.167. The van der Waals surface area contributed by atoms with Gasteiger partial charge in [-0.05, 0) is 47.7 Å². The summed E-state index contributed by atoms with van der Waals surface area (Å²) in [6.45, 7) is 0. The maximum atomic E-state index is 15.3. The van der Waals surface area contributed by atoms with Gasteiger partial charge < -0.3 is 5.11 Å². The van der Waals surface area contributed by atoms with E-state index in [0.717, 1.165) is 39.3 Å². The van der Waals surface area contributed by atoms with Gasteiger partial charge in [0.25, 0.3) is 0 Å². The number of carboxylic acids is 1. The minimum absolute atomic E-state index is 0.0550. The molecular formula is C30H22F4N4O4S2. The number of benzene rings is 3. The highest BCUT2D eigenvalue weighted by atomic mass is 32.2. The normalized spacial score (nSPS) is 14.5. The molecule has 14 heteroatoms. The van der Waals surface area contributed by atoms with Crippen LogP contribution >= 0.6 is 11.3 Å². The van der Waals surface area contributed by atoms with Crippen LogP contribution in [0.15, 0.2) is 83.1 Å². The van der Waals surface area contributed by atoms with Gasteiger partial charge in [-0.15, -0.1) is 11.3 Å². The van der Waals surface area contributed by atoms with E-state index < -0.39 is 38.3 Å². The summed E-state index contributed by atoms with van der Waals surface area (Å²) in [6.07, 6.45) is -5.62. The van der Waals surface area contributed by atoms with Crippen LogP contribution in [0.3, 0.4) is 0 Å². The molecule has 226 valence electrons. The zero-order valence-corrected chi connectivity index (χ0v) is 24.2. The number of nitrogens with two attached hydrogens (primary N) is 1. The second-order valence-electron chi connectivity index (χ2n) is 10.4. The second-order valence-corrected chi connectivity index (χ2v) is 12.8. The predicted molar refractivity (Wildman–Crippen MR) is 155 cm³/mol. The molecule has 0 spiro atoms. The Morgan fingerprint density at radius 1 is 1.00 bits per heavy atom. The molecule has 3 aromatic carbocycles. The van der Waals surface area contributed by atoms with Crippen LogP contribution in [0.2, 0.25) is 0 Å². The monoisotopic (exact) mass is 642 g/mol. The van der Waals surface area contributed by atoms with E-state index in [0.29, 0.717) is 5.56 Å². The van der Waals surface area contributed by atoms with Crippen molar-refractivity contribution in [2.24, 2.45) is 5.14 Å². The maximum Gasteiger partial charge on any atom is 0.399 e. The van der Waals surface area contributed by atoms with Crippen LogP contribution in [0.5, 0.6) is 0 Å². The molecule has 0 bridgehead atoms. The van der Waals surface area contributed by atoms with Crippen molar-refractivity contribution in [3.05, 3.63) is 107 Å². The molecule has 1 aliphatic carbocycles. The van der Waals surface area contributed by atoms with Gasteiger partial charge in [-0.2, -0.15) is 18.3 Å². The molecule has 44 heavy (non-hydrogen) atoms. The highest BCUT2D eigenvalue weighted by Crippen LogP contribution is 2.61. The van der Waals surface area contributed by atoms with Gasteiger partial charge >= 0.3 is 12.1 Å². The Labute approximate surface area is 252 Å². The summed E-state index contributed by atoms with van der Waals surface area (Å²) in [4.78, 5) is 15.1. The number of halogens is 4. The minimum atomic E-state index is -4.72. The van der Waals surface area contributed by atoms with Crippen LogP contribution in [-0.2, 0) is 21.9 Å². The first-order chi connectivity index (χ1) is 20.8. The first kappa shape index (κ1) is 29.7. The van der Waals surface area contributed by atoms with E-state index in [1.807, 2.05) is 36.4 Å². The van der Waals surface area contributed by atoms with Crippen LogP contribution in [0.1, 0.15) is 40.2 Å². The number of hydrogen-bond donors (Lipinski definition) is 2. The van der Waals surface area contributed by atoms with Crippen molar-refractivity contribution in [1.29, 1.82) is 0 Å². The van der Waals surface area contributed by atoms with Crippen LogP contribution in [0.25, 0.3) is 27.5 Å². The first-order valence-electron chi connectivity index (χ1n) is 13.1. The molecular weight excluding hydrogens is 620 g/mol. The summed E-state index contributed by atoms with van der Waals surface area (Å²) in [5.41, 5.74) is -0.828. The molecule has 0 unspecified atom stereocenters. The topological polar surface area (TPSA) is 128 Å². The number of nitrogens with zero attached hydrogens (tertiary/aromatic N) is 3. The summed E-state index contributed by atoms with van der Waals surface area (Å²) >= 11 is 0.818. The lowest BCUT2D eigenvalue weighted by molar-refractivity contribution is -0.162. The zero-order chi connectivity index (χ0) is 31.4. The lowest BCUT2D eigenvalue weighted by Crippen LogP contribution is -2.32. The fourth-order valence-electron chi connectivity index (χ4n) is 5.23. The number of rotatable bonds is 8. The number of primary sulfonamides is 1. The summed E-state index contributed by atoms with van der Waals surface area (Å²) in [5, 5.41) is 20.3. The summed E-state index contributed by atoms with van der Waals surface area (Å²) in [7, 11) is -4.23. The van der Waals surface area contributed by atoms with E-state index in [2.05, 4.69) is 10.1 Å². The lowest BCUT2D eigenvalue weighted by atomic mass is 9.90. The molecule has 0 aliphatic heterocycles. The van der Waals surface area contributed by atoms with E-state index in [9.17, 15) is 31.5 Å². The number of sulfonamides is 1. The number of hydrogen-bond acceptors (Lipinski definition) is 6. The third-order valence-corrected chi connectivity index (χ3v) is 9.31. The third-order valence-electron chi connectivity index (χ3n) is 7.59. The molecule has 0 amide bonds. The molecule has 6 rings (SSSR count). The molecule has 1 fully saturated rings. The van der Waals surface area contributed by atoms with Gasteiger partial charge in [-0.1, -0.05) is 54.6 Å². The molecule has 1 aliphatic rings. The van der Waals surface area contributed by atoms with E-state index >= 15 is 4.39 Å². The Morgan fingerprint density at radius 3 is 2.27 bits per heavy atom. The molecule has 2 heterocycles. The van der Waals surface area contributed by atoms with Gasteiger partial charge in [-0.25, -0.2) is 32.4 Å². The van der Waals surface area contributed by atoms with Gasteiger partial charge in [0.1, 0.15) is 11.2 Å². The van der Waals surface area contributed by atoms with Crippen molar-refractivity contribution in [2.75, 3.05) is 0 Å². The summed E-state index contributed by atoms with van der Waals surface area (Å²) in [5.74, 6) is -2.33. The van der Waals surface area contributed by atoms with E-state index in [1.54, 1.807) is 18.2 Å². The van der Waals surface area contributed by atoms with Crippen molar-refractivity contribution in [3.63, 3.8) is 0 Å². The van der Waals surface area contributed by atoms with Gasteiger partial charge in [-0.3, -0.25) is 0 Å². The fourth-order valence-corrected chi connectivity index (χ4v) is 6.51. The Bertz CT molecular complexity index is 2020. The summed E-state index contributed by atoms with van der Waals surface area (Å²) in [6, 6.07) is 19.2. The maximum absolute atomic E-state index is 15.3. The molecule has 0 radical (unpaired) electrons. The van der Waals surface area contributed by atoms with Crippen molar-refractivity contribution in [3.8, 4) is 27.5 Å². The molecule has 3 N–H and O–H groups in total. The van der Waals surface area contributed by atoms with E-state index in [1.165, 1.54) is 11.4 Å². The van der Waals surface area contributed by atoms with Crippen LogP contribution in [0, 0.1) is 5.82 Å². The number of alkyl halides is 3. The van der Waals surface area contributed by atoms with Crippen molar-refractivity contribution >= 4 is 27.3 Å². The average Bonchev–Trinajstić information content (AvgIpc) is 3.49. The molecule has 8 nitrogen and oxygen atoms in total. The van der Waals surface area contributed by atoms with Crippen molar-refractivity contribution in [1.82, 2.24) is 14.8 Å². The Kier molecular flexibility index (Phi) is 7.18. The van der Waals surface area contributed by atoms with Gasteiger partial charge in [0.05, 0.1) is 16.3 Å². The van der Waals surface area contributed by atoms with Crippen LogP contribution in [-0.4, -0.2) is 40.4 Å². The molecule has 0 saturated heterocycles. The standard InChI is InChI=1S/C30H22F4N4O4S2/c31-23-15-21(44(35,41)42)10-9-19(23)14-22-25(20-8-4-7-18(13-20)17-5-2-1-3-6-17)37-38(28-36-24(16-43-28)27(39)40)26(22)29(11-12-29)30(32,33)34/h1-10,13,15-16H,11-12,14H2,(H,39,40)(H2,35,41,42). The van der Waals surface area contributed by atoms with Gasteiger partial charge in [0.2, 0.25) is 15.2 Å². The molecule has 1 saturated carbocycles. The lowest BCUT2D eigenvalue weighted by Gasteiger charge is -2.22. The molecule has 5 aromatic rings. The highest BCUT2D eigenvalue weighted by Gasteiger charge is 2.67. The van der Waals surface area contributed by atoms with Crippen molar-refractivity contribution < 1.29 is 35.9 Å². The van der Waals surface area contributed by atoms with Crippen LogP contribution < -0.4 is 5.14 Å². The Hall–Kier alpha value is -4.40. The molecule has 2 aromatic heterocycles. The second kappa shape index (κ2) is 10.6. The Morgan fingerprint density at radius 2 is 1.68 bits per heavy atom.